The molecule has 29 heavy (non-hydrogen) atoms. The Morgan fingerprint density at radius 2 is 1.59 bits per heavy atom. The average Bonchev–Trinajstić information content (AvgIpc) is 2.62. The summed E-state index contributed by atoms with van der Waals surface area (Å²) < 4.78 is 5.07. The number of amides is 3. The van der Waals surface area contributed by atoms with Gasteiger partial charge in [0.15, 0.2) is 0 Å². The molecule has 154 valence electrons. The predicted octanol–water partition coefficient (Wildman–Crippen LogP) is 4.71. The molecule has 3 amide bonds. The van der Waals surface area contributed by atoms with Crippen molar-refractivity contribution in [2.24, 2.45) is 0 Å². The van der Waals surface area contributed by atoms with Crippen molar-refractivity contribution in [1.29, 1.82) is 0 Å². The van der Waals surface area contributed by atoms with E-state index in [9.17, 15) is 14.4 Å². The van der Waals surface area contributed by atoms with Crippen molar-refractivity contribution < 1.29 is 19.1 Å². The van der Waals surface area contributed by atoms with Crippen molar-refractivity contribution >= 4 is 52.5 Å². The number of carbonyl (C=O) groups excluding carboxylic acids is 3. The van der Waals surface area contributed by atoms with E-state index < -0.39 is 23.5 Å². The molecule has 0 aromatic heterocycles. The molecule has 0 aliphatic heterocycles. The van der Waals surface area contributed by atoms with Gasteiger partial charge in [0.25, 0.3) is 5.91 Å². The quantitative estimate of drug-likeness (QED) is 0.630. The first-order valence-corrected chi connectivity index (χ1v) is 9.43. The SMILES string of the molecule is CC(C)(C)OC(=O)NCC(=O)Nc1ccccc1NC(=O)c1cc(Cl)ccc1Cl. The van der Waals surface area contributed by atoms with Gasteiger partial charge in [-0.05, 0) is 51.1 Å². The molecule has 0 saturated carbocycles. The molecule has 0 atom stereocenters. The third-order valence-electron chi connectivity index (χ3n) is 3.41. The topological polar surface area (TPSA) is 96.5 Å². The highest BCUT2D eigenvalue weighted by Gasteiger charge is 2.17. The number of anilines is 2. The first-order valence-electron chi connectivity index (χ1n) is 8.67. The molecule has 2 aromatic rings. The molecule has 0 radical (unpaired) electrons. The minimum Gasteiger partial charge on any atom is -0.444 e. The number of carbonyl (C=O) groups is 3. The zero-order chi connectivity index (χ0) is 21.6. The Morgan fingerprint density at radius 1 is 0.966 bits per heavy atom. The summed E-state index contributed by atoms with van der Waals surface area (Å²) in [4.78, 5) is 36.3. The fourth-order valence-corrected chi connectivity index (χ4v) is 2.60. The van der Waals surface area contributed by atoms with Crippen LogP contribution in [0.5, 0.6) is 0 Å². The van der Waals surface area contributed by atoms with Gasteiger partial charge in [-0.1, -0.05) is 35.3 Å². The number of rotatable bonds is 5. The van der Waals surface area contributed by atoms with E-state index in [-0.39, 0.29) is 17.1 Å². The Morgan fingerprint density at radius 3 is 2.21 bits per heavy atom. The van der Waals surface area contributed by atoms with Crippen LogP contribution < -0.4 is 16.0 Å². The van der Waals surface area contributed by atoms with Gasteiger partial charge in [-0.3, -0.25) is 9.59 Å². The first kappa shape index (κ1) is 22.5. The summed E-state index contributed by atoms with van der Waals surface area (Å²) in [6.07, 6.45) is -0.704. The van der Waals surface area contributed by atoms with Crippen molar-refractivity contribution in [2.75, 3.05) is 17.2 Å². The number of para-hydroxylation sites is 2. The van der Waals surface area contributed by atoms with Crippen LogP contribution in [0.4, 0.5) is 16.2 Å². The van der Waals surface area contributed by atoms with Gasteiger partial charge in [0.1, 0.15) is 12.1 Å². The highest BCUT2D eigenvalue weighted by Crippen LogP contribution is 2.25. The summed E-state index contributed by atoms with van der Waals surface area (Å²) in [5.74, 6) is -0.968. The maximum Gasteiger partial charge on any atom is 0.408 e. The lowest BCUT2D eigenvalue weighted by atomic mass is 10.2. The number of hydrogen-bond acceptors (Lipinski definition) is 4. The largest absolute Gasteiger partial charge is 0.444 e. The molecule has 2 aromatic carbocycles. The highest BCUT2D eigenvalue weighted by atomic mass is 35.5. The van der Waals surface area contributed by atoms with Gasteiger partial charge in [0, 0.05) is 5.02 Å². The van der Waals surface area contributed by atoms with Gasteiger partial charge in [-0.25, -0.2) is 4.79 Å². The third kappa shape index (κ3) is 7.29. The number of halogens is 2. The minimum absolute atomic E-state index is 0.201. The lowest BCUT2D eigenvalue weighted by Gasteiger charge is -2.19. The molecule has 0 bridgehead atoms. The Labute approximate surface area is 178 Å². The summed E-state index contributed by atoms with van der Waals surface area (Å²) in [5.41, 5.74) is 0.250. The number of alkyl carbamates (subject to hydrolysis) is 1. The number of ether oxygens (including phenoxy) is 1. The summed E-state index contributed by atoms with van der Waals surface area (Å²) in [6, 6.07) is 11.2. The standard InChI is InChI=1S/C20H21Cl2N3O4/c1-20(2,3)29-19(28)23-11-17(26)24-15-6-4-5-7-16(15)25-18(27)13-10-12(21)8-9-14(13)22/h4-10H,11H2,1-3H3,(H,23,28)(H,24,26)(H,25,27). The van der Waals surface area contributed by atoms with Gasteiger partial charge in [0.05, 0.1) is 22.0 Å². The summed E-state index contributed by atoms with van der Waals surface area (Å²) in [6.45, 7) is 4.87. The van der Waals surface area contributed by atoms with Crippen molar-refractivity contribution in [2.45, 2.75) is 26.4 Å². The van der Waals surface area contributed by atoms with Crippen molar-refractivity contribution in [3.8, 4) is 0 Å². The molecule has 9 heteroatoms. The number of benzene rings is 2. The molecular formula is C20H21Cl2N3O4. The maximum absolute atomic E-state index is 12.5. The molecule has 0 heterocycles. The van der Waals surface area contributed by atoms with E-state index in [1.54, 1.807) is 51.1 Å². The molecule has 0 aliphatic rings. The van der Waals surface area contributed by atoms with Crippen LogP contribution in [0, 0.1) is 0 Å². The van der Waals surface area contributed by atoms with Crippen LogP contribution in [0.2, 0.25) is 10.0 Å². The minimum atomic E-state index is -0.704. The third-order valence-corrected chi connectivity index (χ3v) is 3.98. The molecule has 0 saturated heterocycles. The van der Waals surface area contributed by atoms with Gasteiger partial charge >= 0.3 is 6.09 Å². The lowest BCUT2D eigenvalue weighted by Crippen LogP contribution is -2.37. The average molecular weight is 438 g/mol. The van der Waals surface area contributed by atoms with E-state index in [4.69, 9.17) is 27.9 Å². The Bertz CT molecular complexity index is 926. The summed E-state index contributed by atoms with van der Waals surface area (Å²) in [7, 11) is 0. The second kappa shape index (κ2) is 9.62. The van der Waals surface area contributed by atoms with E-state index in [0.29, 0.717) is 16.4 Å². The Kier molecular flexibility index (Phi) is 7.47. The maximum atomic E-state index is 12.5. The van der Waals surface area contributed by atoms with Crippen LogP contribution >= 0.6 is 23.2 Å². The molecule has 0 spiro atoms. The second-order valence-electron chi connectivity index (χ2n) is 7.03. The molecular weight excluding hydrogens is 417 g/mol. The van der Waals surface area contributed by atoms with Gasteiger partial charge in [-0.15, -0.1) is 0 Å². The van der Waals surface area contributed by atoms with Crippen molar-refractivity contribution in [1.82, 2.24) is 5.32 Å². The molecule has 0 unspecified atom stereocenters. The van der Waals surface area contributed by atoms with Gasteiger partial charge in [-0.2, -0.15) is 0 Å². The van der Waals surface area contributed by atoms with Gasteiger partial charge in [0.2, 0.25) is 5.91 Å². The monoisotopic (exact) mass is 437 g/mol. The highest BCUT2D eigenvalue weighted by molar-refractivity contribution is 6.36. The van der Waals surface area contributed by atoms with Crippen LogP contribution in [-0.4, -0.2) is 30.1 Å². The fraction of sp³-hybridized carbons (Fsp3) is 0.250. The number of nitrogens with one attached hydrogen (secondary N) is 3. The zero-order valence-corrected chi connectivity index (χ0v) is 17.6. The number of hydrogen-bond donors (Lipinski definition) is 3. The summed E-state index contributed by atoms with van der Waals surface area (Å²) >= 11 is 12.0. The summed E-state index contributed by atoms with van der Waals surface area (Å²) in [5, 5.41) is 8.30. The van der Waals surface area contributed by atoms with E-state index in [0.717, 1.165) is 0 Å². The van der Waals surface area contributed by atoms with E-state index in [1.807, 2.05) is 0 Å². The Hall–Kier alpha value is -2.77. The lowest BCUT2D eigenvalue weighted by molar-refractivity contribution is -0.115. The van der Waals surface area contributed by atoms with Crippen LogP contribution in [0.3, 0.4) is 0 Å². The van der Waals surface area contributed by atoms with Crippen molar-refractivity contribution in [3.05, 3.63) is 58.1 Å². The normalized spacial score (nSPS) is 10.8. The Balaban J connectivity index is 2.03. The van der Waals surface area contributed by atoms with E-state index in [1.165, 1.54) is 12.1 Å². The zero-order valence-electron chi connectivity index (χ0n) is 16.1. The van der Waals surface area contributed by atoms with Crippen molar-refractivity contribution in [3.63, 3.8) is 0 Å². The first-order chi connectivity index (χ1) is 13.5. The second-order valence-corrected chi connectivity index (χ2v) is 7.87. The molecule has 2 rings (SSSR count). The molecule has 3 N–H and O–H groups in total. The van der Waals surface area contributed by atoms with Crippen LogP contribution in [0.15, 0.2) is 42.5 Å². The van der Waals surface area contributed by atoms with Crippen LogP contribution in [0.1, 0.15) is 31.1 Å². The molecule has 0 aliphatic carbocycles. The van der Waals surface area contributed by atoms with Crippen LogP contribution in [0.25, 0.3) is 0 Å². The van der Waals surface area contributed by atoms with Gasteiger partial charge < -0.3 is 20.7 Å². The van der Waals surface area contributed by atoms with E-state index in [2.05, 4.69) is 16.0 Å². The van der Waals surface area contributed by atoms with Crippen LogP contribution in [-0.2, 0) is 9.53 Å². The van der Waals surface area contributed by atoms with E-state index >= 15 is 0 Å². The predicted molar refractivity (Wildman–Crippen MR) is 114 cm³/mol. The smallest absolute Gasteiger partial charge is 0.408 e. The molecule has 0 fully saturated rings. The molecule has 7 nitrogen and oxygen atoms in total. The fourth-order valence-electron chi connectivity index (χ4n) is 2.22.